The van der Waals surface area contributed by atoms with Crippen LogP contribution in [0, 0.1) is 0 Å². The lowest BCUT2D eigenvalue weighted by molar-refractivity contribution is 0.286. The Labute approximate surface area is 136 Å². The van der Waals surface area contributed by atoms with E-state index >= 15 is 0 Å². The summed E-state index contributed by atoms with van der Waals surface area (Å²) in [7, 11) is 1.69. The van der Waals surface area contributed by atoms with Gasteiger partial charge in [-0.15, -0.1) is 0 Å². The van der Waals surface area contributed by atoms with Crippen molar-refractivity contribution in [2.75, 3.05) is 20.2 Å². The van der Waals surface area contributed by atoms with E-state index in [9.17, 15) is 0 Å². The Hall–Kier alpha value is -2.01. The predicted octanol–water partition coefficient (Wildman–Crippen LogP) is 2.80. The van der Waals surface area contributed by atoms with Crippen molar-refractivity contribution in [1.82, 2.24) is 14.8 Å². The van der Waals surface area contributed by atoms with Crippen LogP contribution in [0.2, 0.25) is 0 Å². The minimum Gasteiger partial charge on any atom is -0.497 e. The van der Waals surface area contributed by atoms with Gasteiger partial charge in [-0.3, -0.25) is 0 Å². The molecule has 0 aliphatic carbocycles. The van der Waals surface area contributed by atoms with Crippen LogP contribution in [0.4, 0.5) is 0 Å². The van der Waals surface area contributed by atoms with E-state index in [2.05, 4.69) is 52.2 Å². The molecule has 1 aliphatic rings. The lowest BCUT2D eigenvalue weighted by Gasteiger charge is -2.39. The van der Waals surface area contributed by atoms with Crippen molar-refractivity contribution in [3.63, 3.8) is 0 Å². The van der Waals surface area contributed by atoms with Crippen molar-refractivity contribution in [2.45, 2.75) is 19.5 Å². The van der Waals surface area contributed by atoms with E-state index in [0.29, 0.717) is 0 Å². The van der Waals surface area contributed by atoms with Crippen LogP contribution in [-0.4, -0.2) is 34.8 Å². The Morgan fingerprint density at radius 2 is 2.05 bits per heavy atom. The minimum atomic E-state index is 0.140. The van der Waals surface area contributed by atoms with Gasteiger partial charge in [-0.25, -0.2) is 0 Å². The van der Waals surface area contributed by atoms with Crippen LogP contribution in [0.1, 0.15) is 24.2 Å². The third-order valence-corrected chi connectivity index (χ3v) is 4.44. The summed E-state index contributed by atoms with van der Waals surface area (Å²) < 4.78 is 7.57. The van der Waals surface area contributed by atoms with E-state index in [0.717, 1.165) is 30.5 Å². The lowest BCUT2D eigenvalue weighted by atomic mass is 10.0. The van der Waals surface area contributed by atoms with Gasteiger partial charge in [0.15, 0.2) is 5.11 Å². The van der Waals surface area contributed by atoms with Crippen molar-refractivity contribution in [3.8, 4) is 5.75 Å². The van der Waals surface area contributed by atoms with E-state index in [4.69, 9.17) is 17.0 Å². The van der Waals surface area contributed by atoms with Gasteiger partial charge in [0.05, 0.1) is 13.2 Å². The maximum atomic E-state index is 5.58. The van der Waals surface area contributed by atoms with Gasteiger partial charge >= 0.3 is 0 Å². The highest BCUT2D eigenvalue weighted by Gasteiger charge is 2.30. The van der Waals surface area contributed by atoms with Gasteiger partial charge in [0.1, 0.15) is 5.75 Å². The second kappa shape index (κ2) is 6.40. The van der Waals surface area contributed by atoms with Crippen LogP contribution in [-0.2, 0) is 6.54 Å². The number of nitrogens with zero attached hydrogens (tertiary/aromatic N) is 2. The molecule has 1 aliphatic heterocycles. The van der Waals surface area contributed by atoms with Crippen LogP contribution in [0.25, 0.3) is 0 Å². The lowest BCUT2D eigenvalue weighted by Crippen LogP contribution is -2.47. The molecule has 1 atom stereocenters. The molecule has 0 bridgehead atoms. The molecule has 3 rings (SSSR count). The predicted molar refractivity (Wildman–Crippen MR) is 92.2 cm³/mol. The average Bonchev–Trinajstić information content (AvgIpc) is 3.03. The molecule has 0 spiro atoms. The highest BCUT2D eigenvalue weighted by Crippen LogP contribution is 2.33. The van der Waals surface area contributed by atoms with Gasteiger partial charge in [-0.05, 0) is 49.0 Å². The van der Waals surface area contributed by atoms with Gasteiger partial charge in [-0.2, -0.15) is 0 Å². The second-order valence-electron chi connectivity index (χ2n) is 5.33. The number of methoxy groups -OCH3 is 1. The summed E-state index contributed by atoms with van der Waals surface area (Å²) in [5.41, 5.74) is 2.50. The number of rotatable bonds is 3. The molecule has 4 nitrogen and oxygen atoms in total. The smallest absolute Gasteiger partial charge is 0.169 e. The molecule has 22 heavy (non-hydrogen) atoms. The van der Waals surface area contributed by atoms with Crippen LogP contribution >= 0.6 is 12.2 Å². The van der Waals surface area contributed by atoms with Crippen LogP contribution < -0.4 is 10.1 Å². The Bertz CT molecular complexity index is 650. The van der Waals surface area contributed by atoms with Crippen molar-refractivity contribution >= 4 is 17.3 Å². The third kappa shape index (κ3) is 2.68. The standard InChI is InChI=1S/C17H21N3OS/c1-3-18-17(22)20-12-11-19-10-4-5-15(19)16(20)13-6-8-14(21-2)9-7-13/h4-10,16H,3,11-12H2,1-2H3,(H,18,22)/t16-/m0/s1. The summed E-state index contributed by atoms with van der Waals surface area (Å²) in [6.45, 7) is 4.78. The van der Waals surface area contributed by atoms with Crippen molar-refractivity contribution < 1.29 is 4.74 Å². The number of ether oxygens (including phenoxy) is 1. The molecule has 1 N–H and O–H groups in total. The molecule has 1 aromatic carbocycles. The summed E-state index contributed by atoms with van der Waals surface area (Å²) >= 11 is 5.58. The molecule has 0 saturated carbocycles. The SMILES string of the molecule is CCNC(=S)N1CCn2cccc2[C@@H]1c1ccc(OC)cc1. The second-order valence-corrected chi connectivity index (χ2v) is 5.72. The Morgan fingerprint density at radius 3 is 2.73 bits per heavy atom. The van der Waals surface area contributed by atoms with Crippen LogP contribution in [0.3, 0.4) is 0 Å². The molecular formula is C17H21N3OS. The topological polar surface area (TPSA) is 29.4 Å². The van der Waals surface area contributed by atoms with Gasteiger partial charge in [0.25, 0.3) is 0 Å². The maximum Gasteiger partial charge on any atom is 0.169 e. The fraction of sp³-hybridized carbons (Fsp3) is 0.353. The third-order valence-electron chi connectivity index (χ3n) is 4.06. The molecule has 2 aromatic rings. The molecular weight excluding hydrogens is 294 g/mol. The molecule has 0 amide bonds. The number of thiocarbonyl (C=S) groups is 1. The number of fused-ring (bicyclic) bond motifs is 1. The summed E-state index contributed by atoms with van der Waals surface area (Å²) in [6, 6.07) is 12.7. The van der Waals surface area contributed by atoms with E-state index in [-0.39, 0.29) is 6.04 Å². The molecule has 1 aromatic heterocycles. The zero-order valence-electron chi connectivity index (χ0n) is 13.0. The first-order valence-electron chi connectivity index (χ1n) is 7.58. The Morgan fingerprint density at radius 1 is 1.27 bits per heavy atom. The molecule has 0 saturated heterocycles. The van der Waals surface area contributed by atoms with Crippen LogP contribution in [0.5, 0.6) is 5.75 Å². The molecule has 0 radical (unpaired) electrons. The van der Waals surface area contributed by atoms with Gasteiger partial charge in [0.2, 0.25) is 0 Å². The fourth-order valence-corrected chi connectivity index (χ4v) is 3.33. The van der Waals surface area contributed by atoms with Gasteiger partial charge in [-0.1, -0.05) is 12.1 Å². The van der Waals surface area contributed by atoms with Crippen LogP contribution in [0.15, 0.2) is 42.6 Å². The number of nitrogens with one attached hydrogen (secondary N) is 1. The van der Waals surface area contributed by atoms with Crippen molar-refractivity contribution in [1.29, 1.82) is 0 Å². The zero-order chi connectivity index (χ0) is 15.5. The molecule has 0 unspecified atom stereocenters. The molecule has 116 valence electrons. The Balaban J connectivity index is 1.99. The van der Waals surface area contributed by atoms with E-state index in [1.807, 2.05) is 12.1 Å². The number of benzene rings is 1. The number of aromatic nitrogens is 1. The van der Waals surface area contributed by atoms with Gasteiger partial charge < -0.3 is 19.5 Å². The highest BCUT2D eigenvalue weighted by atomic mass is 32.1. The maximum absolute atomic E-state index is 5.58. The number of hydrogen-bond acceptors (Lipinski definition) is 2. The first kappa shape index (κ1) is 14.9. The largest absolute Gasteiger partial charge is 0.497 e. The van der Waals surface area contributed by atoms with E-state index in [1.54, 1.807) is 7.11 Å². The fourth-order valence-electron chi connectivity index (χ4n) is 2.99. The minimum absolute atomic E-state index is 0.140. The quantitative estimate of drug-likeness (QED) is 0.882. The molecule has 0 fully saturated rings. The van der Waals surface area contributed by atoms with Crippen molar-refractivity contribution in [2.24, 2.45) is 0 Å². The summed E-state index contributed by atoms with van der Waals surface area (Å²) in [5.74, 6) is 0.871. The van der Waals surface area contributed by atoms with E-state index < -0.39 is 0 Å². The highest BCUT2D eigenvalue weighted by molar-refractivity contribution is 7.80. The van der Waals surface area contributed by atoms with E-state index in [1.165, 1.54) is 11.3 Å². The molecule has 5 heteroatoms. The normalized spacial score (nSPS) is 17.0. The summed E-state index contributed by atoms with van der Waals surface area (Å²) in [6.07, 6.45) is 2.14. The Kier molecular flexibility index (Phi) is 4.34. The van der Waals surface area contributed by atoms with Crippen molar-refractivity contribution in [3.05, 3.63) is 53.9 Å². The zero-order valence-corrected chi connectivity index (χ0v) is 13.8. The van der Waals surface area contributed by atoms with Gasteiger partial charge in [0, 0.05) is 31.5 Å². The summed E-state index contributed by atoms with van der Waals surface area (Å²) in [5, 5.41) is 4.10. The summed E-state index contributed by atoms with van der Waals surface area (Å²) in [4.78, 5) is 2.27. The first-order valence-corrected chi connectivity index (χ1v) is 7.99. The average molecular weight is 315 g/mol. The number of hydrogen-bond donors (Lipinski definition) is 1. The molecule has 2 heterocycles. The monoisotopic (exact) mass is 315 g/mol. The first-order chi connectivity index (χ1) is 10.7.